The van der Waals surface area contributed by atoms with Crippen LogP contribution in [-0.4, -0.2) is 31.4 Å². The minimum Gasteiger partial charge on any atom is -0.384 e. The first-order valence-corrected chi connectivity index (χ1v) is 6.22. The number of benzene rings is 1. The quantitative estimate of drug-likeness (QED) is 0.379. The number of rotatable bonds is 8. The second-order valence-corrected chi connectivity index (χ2v) is 4.09. The van der Waals surface area contributed by atoms with Gasteiger partial charge in [0.2, 0.25) is 0 Å². The first-order chi connectivity index (χ1) is 9.58. The highest BCUT2D eigenvalue weighted by Gasteiger charge is 1.95. The van der Waals surface area contributed by atoms with Crippen LogP contribution in [0.15, 0.2) is 41.4 Å². The molecule has 0 bridgehead atoms. The van der Waals surface area contributed by atoms with Crippen LogP contribution in [0.5, 0.6) is 0 Å². The molecule has 0 saturated heterocycles. The van der Waals surface area contributed by atoms with Crippen LogP contribution in [0.1, 0.15) is 5.56 Å². The van der Waals surface area contributed by atoms with E-state index in [0.29, 0.717) is 32.0 Å². The fraction of sp³-hybridized carbons (Fsp3) is 0.286. The molecule has 5 nitrogen and oxygen atoms in total. The number of hydrogen-bond donors (Lipinski definition) is 3. The average molecular weight is 278 g/mol. The van der Waals surface area contributed by atoms with E-state index < -0.39 is 0 Å². The molecule has 0 aliphatic rings. The van der Waals surface area contributed by atoms with Gasteiger partial charge in [0.05, 0.1) is 19.8 Å². The molecule has 1 rings (SSSR count). The summed E-state index contributed by atoms with van der Waals surface area (Å²) >= 11 is 0. The van der Waals surface area contributed by atoms with Crippen molar-refractivity contribution in [1.29, 1.82) is 5.41 Å². The third-order valence-corrected chi connectivity index (χ3v) is 2.39. The predicted octanol–water partition coefficient (Wildman–Crippen LogP) is 1.23. The van der Waals surface area contributed by atoms with E-state index in [4.69, 9.17) is 21.6 Å². The monoisotopic (exact) mass is 278 g/mol. The van der Waals surface area contributed by atoms with Crippen molar-refractivity contribution in [2.75, 3.05) is 19.8 Å². The topological polar surface area (TPSA) is 97.5 Å². The lowest BCUT2D eigenvalue weighted by Gasteiger charge is -2.03. The third-order valence-electron chi connectivity index (χ3n) is 2.39. The summed E-state index contributed by atoms with van der Waals surface area (Å²) < 4.78 is 18.3. The number of nitrogens with zero attached hydrogens (tertiary/aromatic N) is 1. The van der Waals surface area contributed by atoms with Crippen LogP contribution in [0.25, 0.3) is 0 Å². The van der Waals surface area contributed by atoms with Crippen molar-refractivity contribution < 1.29 is 9.13 Å². The van der Waals surface area contributed by atoms with Crippen LogP contribution in [0, 0.1) is 11.2 Å². The summed E-state index contributed by atoms with van der Waals surface area (Å²) in [6.45, 7) is 1.36. The summed E-state index contributed by atoms with van der Waals surface area (Å²) in [5.41, 5.74) is 11.6. The van der Waals surface area contributed by atoms with Crippen molar-refractivity contribution in [1.82, 2.24) is 0 Å². The zero-order valence-corrected chi connectivity index (χ0v) is 11.2. The highest BCUT2D eigenvalue weighted by molar-refractivity contribution is 5.99. The standard InChI is InChI=1S/C14H19FN4O/c15-12-3-1-2-11(10-12)6-8-20-9-7-19-14(18)5-4-13(16)17/h1-5,10H,6-9H2,(H3,16,17)(H2,18,19)/b5-4-. The largest absolute Gasteiger partial charge is 0.384 e. The highest BCUT2D eigenvalue weighted by atomic mass is 19.1. The zero-order valence-electron chi connectivity index (χ0n) is 11.2. The van der Waals surface area contributed by atoms with Crippen molar-refractivity contribution in [2.45, 2.75) is 6.42 Å². The van der Waals surface area contributed by atoms with Crippen molar-refractivity contribution >= 4 is 11.7 Å². The van der Waals surface area contributed by atoms with Gasteiger partial charge in [-0.05, 0) is 36.3 Å². The Kier molecular flexibility index (Phi) is 6.99. The molecule has 0 atom stereocenters. The van der Waals surface area contributed by atoms with Gasteiger partial charge in [0.15, 0.2) is 0 Å². The molecule has 0 radical (unpaired) electrons. The summed E-state index contributed by atoms with van der Waals surface area (Å²) in [5, 5.41) is 6.98. The van der Waals surface area contributed by atoms with E-state index in [1.807, 2.05) is 6.07 Å². The van der Waals surface area contributed by atoms with Gasteiger partial charge in [0, 0.05) is 0 Å². The molecular formula is C14H19FN4O. The average Bonchev–Trinajstić information content (AvgIpc) is 2.40. The maximum Gasteiger partial charge on any atom is 0.123 e. The Bertz CT molecular complexity index is 500. The lowest BCUT2D eigenvalue weighted by Crippen LogP contribution is -2.13. The van der Waals surface area contributed by atoms with Gasteiger partial charge < -0.3 is 16.2 Å². The molecule has 5 N–H and O–H groups in total. The Morgan fingerprint density at radius 1 is 1.30 bits per heavy atom. The number of nitrogens with one attached hydrogen (secondary N) is 1. The van der Waals surface area contributed by atoms with Crippen molar-refractivity contribution in [2.24, 2.45) is 16.5 Å². The van der Waals surface area contributed by atoms with Gasteiger partial charge in [-0.2, -0.15) is 0 Å². The number of halogens is 1. The second-order valence-electron chi connectivity index (χ2n) is 4.09. The van der Waals surface area contributed by atoms with E-state index >= 15 is 0 Å². The molecule has 108 valence electrons. The number of amidine groups is 2. The SMILES string of the molecule is N=C(N)/C=C\C(N)=NCCOCCc1cccc(F)c1. The van der Waals surface area contributed by atoms with Crippen molar-refractivity contribution in [3.63, 3.8) is 0 Å². The Labute approximate surface area is 117 Å². The van der Waals surface area contributed by atoms with E-state index in [2.05, 4.69) is 4.99 Å². The van der Waals surface area contributed by atoms with Gasteiger partial charge in [-0.3, -0.25) is 10.4 Å². The Morgan fingerprint density at radius 2 is 2.10 bits per heavy atom. The van der Waals surface area contributed by atoms with Crippen LogP contribution in [0.3, 0.4) is 0 Å². The van der Waals surface area contributed by atoms with Gasteiger partial charge in [-0.1, -0.05) is 12.1 Å². The highest BCUT2D eigenvalue weighted by Crippen LogP contribution is 2.04. The van der Waals surface area contributed by atoms with Crippen LogP contribution in [0.4, 0.5) is 4.39 Å². The Hall–Kier alpha value is -2.21. The number of nitrogens with two attached hydrogens (primary N) is 2. The maximum atomic E-state index is 12.9. The first-order valence-electron chi connectivity index (χ1n) is 6.22. The molecule has 1 aromatic rings. The molecule has 6 heteroatoms. The fourth-order valence-electron chi connectivity index (χ4n) is 1.45. The lowest BCUT2D eigenvalue weighted by molar-refractivity contribution is 0.145. The first kappa shape index (κ1) is 15.8. The molecule has 0 amide bonds. The van der Waals surface area contributed by atoms with E-state index in [0.717, 1.165) is 5.56 Å². The van der Waals surface area contributed by atoms with Gasteiger partial charge in [-0.25, -0.2) is 4.39 Å². The van der Waals surface area contributed by atoms with Crippen molar-refractivity contribution in [3.05, 3.63) is 47.8 Å². The summed E-state index contributed by atoms with van der Waals surface area (Å²) in [6, 6.07) is 6.44. The maximum absolute atomic E-state index is 12.9. The van der Waals surface area contributed by atoms with E-state index in [1.54, 1.807) is 6.07 Å². The minimum atomic E-state index is -0.239. The van der Waals surface area contributed by atoms with E-state index in [9.17, 15) is 4.39 Å². The summed E-state index contributed by atoms with van der Waals surface area (Å²) in [4.78, 5) is 4.03. The van der Waals surface area contributed by atoms with E-state index in [-0.39, 0.29) is 11.7 Å². The molecular weight excluding hydrogens is 259 g/mol. The summed E-state index contributed by atoms with van der Waals surface area (Å²) in [7, 11) is 0. The predicted molar refractivity (Wildman–Crippen MR) is 78.5 cm³/mol. The van der Waals surface area contributed by atoms with Crippen LogP contribution in [-0.2, 0) is 11.2 Å². The molecule has 0 heterocycles. The molecule has 0 aliphatic heterocycles. The normalized spacial score (nSPS) is 11.9. The number of hydrogen-bond acceptors (Lipinski definition) is 3. The third kappa shape index (κ3) is 7.27. The fourth-order valence-corrected chi connectivity index (χ4v) is 1.45. The number of ether oxygens (including phenoxy) is 1. The molecule has 0 aliphatic carbocycles. The molecule has 1 aromatic carbocycles. The minimum absolute atomic E-state index is 0.0745. The van der Waals surface area contributed by atoms with Crippen LogP contribution >= 0.6 is 0 Å². The lowest BCUT2D eigenvalue weighted by atomic mass is 10.2. The van der Waals surface area contributed by atoms with Gasteiger partial charge in [0.1, 0.15) is 17.5 Å². The molecule has 0 aromatic heterocycles. The smallest absolute Gasteiger partial charge is 0.123 e. The molecule has 0 spiro atoms. The van der Waals surface area contributed by atoms with Gasteiger partial charge in [-0.15, -0.1) is 0 Å². The van der Waals surface area contributed by atoms with Crippen LogP contribution in [0.2, 0.25) is 0 Å². The molecule has 0 saturated carbocycles. The molecule has 0 unspecified atom stereocenters. The Balaban J connectivity index is 2.16. The second kappa shape index (κ2) is 8.82. The van der Waals surface area contributed by atoms with E-state index in [1.165, 1.54) is 24.3 Å². The van der Waals surface area contributed by atoms with Crippen molar-refractivity contribution in [3.8, 4) is 0 Å². The van der Waals surface area contributed by atoms with Gasteiger partial charge in [0.25, 0.3) is 0 Å². The summed E-state index contributed by atoms with van der Waals surface area (Å²) in [5.74, 6) is -0.0134. The van der Waals surface area contributed by atoms with Crippen LogP contribution < -0.4 is 11.5 Å². The molecule has 20 heavy (non-hydrogen) atoms. The number of aliphatic imine (C=N–C) groups is 1. The summed E-state index contributed by atoms with van der Waals surface area (Å²) in [6.07, 6.45) is 3.49. The molecule has 0 fully saturated rings. The zero-order chi connectivity index (χ0) is 14.8. The Morgan fingerprint density at radius 3 is 2.80 bits per heavy atom. The van der Waals surface area contributed by atoms with Gasteiger partial charge >= 0.3 is 0 Å².